The molecule has 4 heteroatoms. The van der Waals surface area contributed by atoms with Gasteiger partial charge in [-0.1, -0.05) is 13.0 Å². The fraction of sp³-hybridized carbons (Fsp3) is 0.600. The number of ether oxygens (including phenoxy) is 2. The van der Waals surface area contributed by atoms with E-state index in [-0.39, 0.29) is 12.1 Å². The van der Waals surface area contributed by atoms with Gasteiger partial charge < -0.3 is 14.8 Å². The first-order valence-corrected chi connectivity index (χ1v) is 7.74. The molecule has 106 valence electrons. The molecule has 1 fully saturated rings. The second kappa shape index (κ2) is 7.27. The maximum absolute atomic E-state index is 5.85. The molecule has 1 aromatic rings. The molecule has 1 heterocycles. The minimum absolute atomic E-state index is 0.268. The van der Waals surface area contributed by atoms with E-state index in [0.29, 0.717) is 0 Å². The topological polar surface area (TPSA) is 30.5 Å². The molecule has 0 bridgehead atoms. The van der Waals surface area contributed by atoms with E-state index in [4.69, 9.17) is 9.47 Å². The molecule has 2 rings (SSSR count). The first-order chi connectivity index (χ1) is 9.26. The maximum atomic E-state index is 5.85. The van der Waals surface area contributed by atoms with Crippen molar-refractivity contribution in [3.63, 3.8) is 0 Å². The number of hydrogen-bond acceptors (Lipinski definition) is 3. The van der Waals surface area contributed by atoms with E-state index in [1.54, 1.807) is 7.11 Å². The van der Waals surface area contributed by atoms with Crippen LogP contribution < -0.4 is 10.1 Å². The van der Waals surface area contributed by atoms with E-state index in [1.807, 2.05) is 6.07 Å². The zero-order valence-electron chi connectivity index (χ0n) is 11.6. The lowest BCUT2D eigenvalue weighted by atomic mass is 9.99. The minimum atomic E-state index is 0.268. The van der Waals surface area contributed by atoms with Crippen molar-refractivity contribution in [2.45, 2.75) is 38.3 Å². The highest BCUT2D eigenvalue weighted by molar-refractivity contribution is 9.10. The summed E-state index contributed by atoms with van der Waals surface area (Å²) in [6.45, 7) is 4.07. The van der Waals surface area contributed by atoms with Crippen LogP contribution in [-0.4, -0.2) is 26.4 Å². The van der Waals surface area contributed by atoms with Crippen LogP contribution >= 0.6 is 15.9 Å². The van der Waals surface area contributed by atoms with Crippen LogP contribution in [0.1, 0.15) is 37.8 Å². The Morgan fingerprint density at radius 3 is 2.95 bits per heavy atom. The summed E-state index contributed by atoms with van der Waals surface area (Å²) in [6.07, 6.45) is 3.70. The quantitative estimate of drug-likeness (QED) is 0.864. The van der Waals surface area contributed by atoms with Gasteiger partial charge in [-0.3, -0.25) is 0 Å². The molecular weight excluding hydrogens is 306 g/mol. The van der Waals surface area contributed by atoms with Crippen LogP contribution in [0.2, 0.25) is 0 Å². The van der Waals surface area contributed by atoms with Crippen molar-refractivity contribution < 1.29 is 9.47 Å². The summed E-state index contributed by atoms with van der Waals surface area (Å²) >= 11 is 3.56. The smallest absolute Gasteiger partial charge is 0.133 e. The molecule has 1 aliphatic heterocycles. The molecule has 0 saturated carbocycles. The van der Waals surface area contributed by atoms with Gasteiger partial charge in [-0.15, -0.1) is 0 Å². The maximum Gasteiger partial charge on any atom is 0.133 e. The van der Waals surface area contributed by atoms with Gasteiger partial charge in [-0.2, -0.15) is 0 Å². The molecule has 0 aromatic heterocycles. The van der Waals surface area contributed by atoms with Crippen LogP contribution in [0.25, 0.3) is 0 Å². The first-order valence-electron chi connectivity index (χ1n) is 6.94. The van der Waals surface area contributed by atoms with Crippen LogP contribution in [0.3, 0.4) is 0 Å². The van der Waals surface area contributed by atoms with Crippen molar-refractivity contribution in [1.29, 1.82) is 0 Å². The van der Waals surface area contributed by atoms with Crippen LogP contribution in [0.15, 0.2) is 22.7 Å². The van der Waals surface area contributed by atoms with Gasteiger partial charge in [0.1, 0.15) is 5.75 Å². The van der Waals surface area contributed by atoms with Crippen LogP contribution in [0.5, 0.6) is 5.75 Å². The molecule has 1 saturated heterocycles. The molecule has 19 heavy (non-hydrogen) atoms. The van der Waals surface area contributed by atoms with Crippen molar-refractivity contribution in [3.05, 3.63) is 28.2 Å². The van der Waals surface area contributed by atoms with Gasteiger partial charge in [0, 0.05) is 6.61 Å². The molecule has 1 aliphatic rings. The molecule has 1 N–H and O–H groups in total. The SMILES string of the molecule is CCCNC(c1ccc(OC)c(Br)c1)C1CCCO1. The van der Waals surface area contributed by atoms with E-state index in [9.17, 15) is 0 Å². The number of rotatable bonds is 6. The lowest BCUT2D eigenvalue weighted by Crippen LogP contribution is -2.32. The molecule has 0 aliphatic carbocycles. The average molecular weight is 328 g/mol. The van der Waals surface area contributed by atoms with E-state index < -0.39 is 0 Å². The lowest BCUT2D eigenvalue weighted by molar-refractivity contribution is 0.0782. The van der Waals surface area contributed by atoms with Gasteiger partial charge in [0.2, 0.25) is 0 Å². The second-order valence-electron chi connectivity index (χ2n) is 4.88. The normalized spacial score (nSPS) is 20.5. The number of benzene rings is 1. The van der Waals surface area contributed by atoms with Crippen LogP contribution in [0.4, 0.5) is 0 Å². The third-order valence-corrected chi connectivity index (χ3v) is 4.11. The van der Waals surface area contributed by atoms with Crippen molar-refractivity contribution >= 4 is 15.9 Å². The standard InChI is InChI=1S/C15H22BrNO2/c1-3-8-17-15(14-5-4-9-19-14)11-6-7-13(18-2)12(16)10-11/h6-7,10,14-15,17H,3-5,8-9H2,1-2H3. The summed E-state index contributed by atoms with van der Waals surface area (Å²) in [5.41, 5.74) is 1.26. The molecule has 0 spiro atoms. The van der Waals surface area contributed by atoms with E-state index in [2.05, 4.69) is 40.3 Å². The number of methoxy groups -OCH3 is 1. The van der Waals surface area contributed by atoms with E-state index in [0.717, 1.165) is 42.6 Å². The highest BCUT2D eigenvalue weighted by Crippen LogP contribution is 2.32. The molecule has 2 atom stereocenters. The zero-order valence-corrected chi connectivity index (χ0v) is 13.2. The largest absolute Gasteiger partial charge is 0.496 e. The highest BCUT2D eigenvalue weighted by atomic mass is 79.9. The zero-order chi connectivity index (χ0) is 13.7. The lowest BCUT2D eigenvalue weighted by Gasteiger charge is -2.25. The third kappa shape index (κ3) is 3.71. The fourth-order valence-corrected chi connectivity index (χ4v) is 3.06. The number of hydrogen-bond donors (Lipinski definition) is 1. The summed E-state index contributed by atoms with van der Waals surface area (Å²) in [5.74, 6) is 0.866. The molecule has 3 nitrogen and oxygen atoms in total. The average Bonchev–Trinajstić information content (AvgIpc) is 2.93. The molecule has 0 amide bonds. The number of halogens is 1. The Labute approximate surface area is 123 Å². The summed E-state index contributed by atoms with van der Waals surface area (Å²) in [6, 6.07) is 6.53. The second-order valence-corrected chi connectivity index (χ2v) is 5.73. The molecule has 1 aromatic carbocycles. The molecule has 0 radical (unpaired) electrons. The monoisotopic (exact) mass is 327 g/mol. The van der Waals surface area contributed by atoms with Crippen molar-refractivity contribution in [1.82, 2.24) is 5.32 Å². The Morgan fingerprint density at radius 2 is 2.37 bits per heavy atom. The predicted molar refractivity (Wildman–Crippen MR) is 80.7 cm³/mol. The predicted octanol–water partition coefficient (Wildman–Crippen LogP) is 3.68. The Balaban J connectivity index is 2.18. The van der Waals surface area contributed by atoms with Crippen LogP contribution in [0, 0.1) is 0 Å². The Kier molecular flexibility index (Phi) is 5.67. The van der Waals surface area contributed by atoms with Gasteiger partial charge in [-0.25, -0.2) is 0 Å². The van der Waals surface area contributed by atoms with Gasteiger partial charge in [0.15, 0.2) is 0 Å². The third-order valence-electron chi connectivity index (χ3n) is 3.49. The van der Waals surface area contributed by atoms with E-state index in [1.165, 1.54) is 5.56 Å². The van der Waals surface area contributed by atoms with Gasteiger partial charge in [0.25, 0.3) is 0 Å². The van der Waals surface area contributed by atoms with Crippen molar-refractivity contribution in [2.24, 2.45) is 0 Å². The summed E-state index contributed by atoms with van der Waals surface area (Å²) < 4.78 is 12.1. The van der Waals surface area contributed by atoms with Crippen molar-refractivity contribution in [2.75, 3.05) is 20.3 Å². The summed E-state index contributed by atoms with van der Waals surface area (Å²) in [4.78, 5) is 0. The minimum Gasteiger partial charge on any atom is -0.496 e. The van der Waals surface area contributed by atoms with Gasteiger partial charge in [0.05, 0.1) is 23.7 Å². The number of nitrogens with one attached hydrogen (secondary N) is 1. The van der Waals surface area contributed by atoms with Crippen molar-refractivity contribution in [3.8, 4) is 5.75 Å². The molecular formula is C15H22BrNO2. The highest BCUT2D eigenvalue weighted by Gasteiger charge is 2.27. The van der Waals surface area contributed by atoms with Crippen LogP contribution in [-0.2, 0) is 4.74 Å². The Hall–Kier alpha value is -0.580. The molecule has 2 unspecified atom stereocenters. The first kappa shape index (κ1) is 14.8. The Bertz CT molecular complexity index is 405. The Morgan fingerprint density at radius 1 is 1.53 bits per heavy atom. The summed E-state index contributed by atoms with van der Waals surface area (Å²) in [7, 11) is 1.69. The van der Waals surface area contributed by atoms with Gasteiger partial charge >= 0.3 is 0 Å². The summed E-state index contributed by atoms with van der Waals surface area (Å²) in [5, 5.41) is 3.61. The van der Waals surface area contributed by atoms with E-state index >= 15 is 0 Å². The van der Waals surface area contributed by atoms with Gasteiger partial charge in [-0.05, 0) is 59.4 Å². The fourth-order valence-electron chi connectivity index (χ4n) is 2.51.